The lowest BCUT2D eigenvalue weighted by molar-refractivity contribution is 0.234. The van der Waals surface area contributed by atoms with Gasteiger partial charge in [-0.05, 0) is 19.0 Å². The quantitative estimate of drug-likeness (QED) is 0.645. The summed E-state index contributed by atoms with van der Waals surface area (Å²) >= 11 is 0. The van der Waals surface area contributed by atoms with Gasteiger partial charge >= 0.3 is 0 Å². The Bertz CT molecular complexity index is 273. The van der Waals surface area contributed by atoms with Crippen molar-refractivity contribution in [2.24, 2.45) is 5.73 Å². The van der Waals surface area contributed by atoms with E-state index in [9.17, 15) is 0 Å². The summed E-state index contributed by atoms with van der Waals surface area (Å²) in [6.07, 6.45) is 1.00. The van der Waals surface area contributed by atoms with Crippen molar-refractivity contribution in [1.82, 2.24) is 0 Å². The molecule has 1 aliphatic heterocycles. The van der Waals surface area contributed by atoms with Gasteiger partial charge in [0.15, 0.2) is 14.2 Å². The molecule has 2 N–H and O–H groups in total. The molecule has 0 radical (unpaired) electrons. The second-order valence-electron chi connectivity index (χ2n) is 2.97. The molecular formula is C9H17NO3Si. The molecule has 0 fully saturated rings. The van der Waals surface area contributed by atoms with Crippen molar-refractivity contribution >= 4 is 13.8 Å². The van der Waals surface area contributed by atoms with Crippen molar-refractivity contribution in [3.8, 4) is 0 Å². The average Bonchev–Trinajstić information content (AvgIpc) is 2.18. The Hall–Kier alpha value is -0.813. The third-order valence-electron chi connectivity index (χ3n) is 2.20. The zero-order chi connectivity index (χ0) is 10.6. The SMILES string of the molecule is COC1=C(OC)[Si](CCCN)=C1OC. The van der Waals surface area contributed by atoms with Crippen LogP contribution < -0.4 is 5.73 Å². The van der Waals surface area contributed by atoms with Crippen molar-refractivity contribution in [3.63, 3.8) is 0 Å². The Kier molecular flexibility index (Phi) is 4.15. The lowest BCUT2D eigenvalue weighted by atomic mass is 10.5. The fourth-order valence-electron chi connectivity index (χ4n) is 1.54. The molecule has 1 aliphatic rings. The molecular weight excluding hydrogens is 198 g/mol. The van der Waals surface area contributed by atoms with E-state index >= 15 is 0 Å². The van der Waals surface area contributed by atoms with Crippen LogP contribution in [-0.2, 0) is 14.2 Å². The first-order chi connectivity index (χ1) is 6.79. The third-order valence-corrected chi connectivity index (χ3v) is 5.02. The number of nitrogens with two attached hydrogens (primary N) is 1. The smallest absolute Gasteiger partial charge is 0.192 e. The molecule has 0 aromatic rings. The summed E-state index contributed by atoms with van der Waals surface area (Å²) in [6.45, 7) is 0.713. The molecule has 5 heteroatoms. The Morgan fingerprint density at radius 3 is 2.29 bits per heavy atom. The van der Waals surface area contributed by atoms with Crippen molar-refractivity contribution in [2.45, 2.75) is 12.5 Å². The molecule has 0 saturated carbocycles. The van der Waals surface area contributed by atoms with Gasteiger partial charge in [-0.25, -0.2) is 0 Å². The second-order valence-corrected chi connectivity index (χ2v) is 5.34. The summed E-state index contributed by atoms with van der Waals surface area (Å²) in [4.78, 5) is 0. The zero-order valence-corrected chi connectivity index (χ0v) is 9.92. The van der Waals surface area contributed by atoms with E-state index in [-0.39, 0.29) is 0 Å². The lowest BCUT2D eigenvalue weighted by Gasteiger charge is -2.26. The van der Waals surface area contributed by atoms with E-state index < -0.39 is 8.41 Å². The maximum atomic E-state index is 5.47. The van der Waals surface area contributed by atoms with E-state index in [1.165, 1.54) is 0 Å². The van der Waals surface area contributed by atoms with Gasteiger partial charge in [0, 0.05) is 0 Å². The number of hydrogen-bond acceptors (Lipinski definition) is 4. The number of methoxy groups -OCH3 is 3. The Morgan fingerprint density at radius 2 is 1.86 bits per heavy atom. The molecule has 0 unspecified atom stereocenters. The molecule has 0 saturated heterocycles. The fourth-order valence-corrected chi connectivity index (χ4v) is 4.04. The standard InChI is InChI=1S/C9H17NO3Si/c1-11-7-8(12-2)14(6-4-5-10)9(7)13-3/h4-6,10H2,1-3H3. The largest absolute Gasteiger partial charge is 0.498 e. The van der Waals surface area contributed by atoms with Crippen molar-refractivity contribution in [3.05, 3.63) is 11.1 Å². The van der Waals surface area contributed by atoms with Gasteiger partial charge in [-0.15, -0.1) is 0 Å². The first-order valence-corrected chi connectivity index (χ1v) is 6.31. The molecule has 4 nitrogen and oxygen atoms in total. The second kappa shape index (κ2) is 5.16. The van der Waals surface area contributed by atoms with E-state index in [4.69, 9.17) is 19.9 Å². The van der Waals surface area contributed by atoms with Crippen LogP contribution >= 0.6 is 0 Å². The van der Waals surface area contributed by atoms with Crippen LogP contribution in [0.5, 0.6) is 0 Å². The van der Waals surface area contributed by atoms with E-state index in [0.29, 0.717) is 6.54 Å². The molecule has 0 atom stereocenters. The molecule has 0 bridgehead atoms. The highest BCUT2D eigenvalue weighted by atomic mass is 28.2. The molecule has 80 valence electrons. The third kappa shape index (κ3) is 1.83. The first-order valence-electron chi connectivity index (χ1n) is 4.60. The minimum absolute atomic E-state index is 0.713. The highest BCUT2D eigenvalue weighted by Gasteiger charge is 2.33. The minimum atomic E-state index is -0.803. The topological polar surface area (TPSA) is 53.7 Å². The van der Waals surface area contributed by atoms with Gasteiger partial charge in [0.25, 0.3) is 0 Å². The van der Waals surface area contributed by atoms with Gasteiger partial charge < -0.3 is 19.9 Å². The van der Waals surface area contributed by atoms with Crippen LogP contribution in [-0.4, -0.2) is 41.6 Å². The minimum Gasteiger partial charge on any atom is -0.498 e. The van der Waals surface area contributed by atoms with Crippen LogP contribution in [0, 0.1) is 0 Å². The molecule has 0 amide bonds. The Labute approximate surface area is 85.9 Å². The normalized spacial score (nSPS) is 15.4. The summed E-state index contributed by atoms with van der Waals surface area (Å²) in [5.41, 5.74) is 5.47. The van der Waals surface area contributed by atoms with Gasteiger partial charge in [0.2, 0.25) is 0 Å². The molecule has 0 spiro atoms. The summed E-state index contributed by atoms with van der Waals surface area (Å²) in [5, 5.41) is 1.95. The van der Waals surface area contributed by atoms with E-state index in [0.717, 1.165) is 29.0 Å². The van der Waals surface area contributed by atoms with E-state index in [1.807, 2.05) is 0 Å². The Balaban J connectivity index is 2.70. The zero-order valence-electron chi connectivity index (χ0n) is 8.92. The average molecular weight is 215 g/mol. The first kappa shape index (κ1) is 11.3. The van der Waals surface area contributed by atoms with Crippen molar-refractivity contribution < 1.29 is 14.2 Å². The summed E-state index contributed by atoms with van der Waals surface area (Å²) in [6, 6.07) is 1.06. The van der Waals surface area contributed by atoms with Crippen molar-refractivity contribution in [1.29, 1.82) is 0 Å². The van der Waals surface area contributed by atoms with Gasteiger partial charge in [-0.1, -0.05) is 0 Å². The molecule has 1 rings (SSSR count). The maximum Gasteiger partial charge on any atom is 0.192 e. The number of hydrogen-bond donors (Lipinski definition) is 1. The summed E-state index contributed by atoms with van der Waals surface area (Å²) in [5.74, 6) is 0.779. The molecule has 14 heavy (non-hydrogen) atoms. The van der Waals surface area contributed by atoms with Crippen LogP contribution in [0.25, 0.3) is 0 Å². The summed E-state index contributed by atoms with van der Waals surface area (Å²) in [7, 11) is 4.18. The summed E-state index contributed by atoms with van der Waals surface area (Å²) < 4.78 is 15.8. The highest BCUT2D eigenvalue weighted by Crippen LogP contribution is 2.23. The molecule has 1 heterocycles. The van der Waals surface area contributed by atoms with Gasteiger partial charge in [-0.3, -0.25) is 0 Å². The number of ether oxygens (including phenoxy) is 3. The lowest BCUT2D eigenvalue weighted by Crippen LogP contribution is -2.35. The maximum absolute atomic E-state index is 5.47. The monoisotopic (exact) mass is 215 g/mol. The number of rotatable bonds is 6. The molecule has 0 aliphatic carbocycles. The van der Waals surface area contributed by atoms with Crippen LogP contribution in [0.4, 0.5) is 0 Å². The van der Waals surface area contributed by atoms with Crippen LogP contribution in [0.2, 0.25) is 6.04 Å². The Morgan fingerprint density at radius 1 is 1.14 bits per heavy atom. The van der Waals surface area contributed by atoms with E-state index in [2.05, 4.69) is 0 Å². The van der Waals surface area contributed by atoms with Gasteiger partial charge in [0.05, 0.1) is 21.3 Å². The van der Waals surface area contributed by atoms with Crippen molar-refractivity contribution in [2.75, 3.05) is 27.9 Å². The molecule has 0 aromatic carbocycles. The van der Waals surface area contributed by atoms with E-state index in [1.54, 1.807) is 21.3 Å². The van der Waals surface area contributed by atoms with Crippen LogP contribution in [0.1, 0.15) is 6.42 Å². The predicted molar refractivity (Wildman–Crippen MR) is 57.3 cm³/mol. The highest BCUT2D eigenvalue weighted by molar-refractivity contribution is 6.82. The van der Waals surface area contributed by atoms with Crippen LogP contribution in [0.15, 0.2) is 11.1 Å². The van der Waals surface area contributed by atoms with Gasteiger partial charge in [-0.2, -0.15) is 0 Å². The van der Waals surface area contributed by atoms with Crippen LogP contribution in [0.3, 0.4) is 0 Å². The molecule has 0 aromatic heterocycles. The predicted octanol–water partition coefficient (Wildman–Crippen LogP) is 0.245. The fraction of sp³-hybridized carbons (Fsp3) is 0.667. The van der Waals surface area contributed by atoms with Gasteiger partial charge in [0.1, 0.15) is 10.7 Å².